The number of hydrogen-bond donors (Lipinski definition) is 3. The van der Waals surface area contributed by atoms with Gasteiger partial charge in [-0.3, -0.25) is 9.30 Å². The van der Waals surface area contributed by atoms with E-state index in [0.29, 0.717) is 28.3 Å². The van der Waals surface area contributed by atoms with E-state index in [1.165, 1.54) is 11.4 Å². The number of rotatable bonds is 5. The van der Waals surface area contributed by atoms with Gasteiger partial charge >= 0.3 is 0 Å². The van der Waals surface area contributed by atoms with Crippen molar-refractivity contribution in [3.05, 3.63) is 48.0 Å². The highest BCUT2D eigenvalue weighted by Crippen LogP contribution is 2.30. The molecule has 0 aliphatic heterocycles. The molecule has 0 bridgehead atoms. The number of benzene rings is 2. The summed E-state index contributed by atoms with van der Waals surface area (Å²) in [6.45, 7) is 3.40. The maximum absolute atomic E-state index is 12.0. The number of aromatic hydroxyl groups is 1. The molecule has 27 heavy (non-hydrogen) atoms. The van der Waals surface area contributed by atoms with Gasteiger partial charge in [-0.1, -0.05) is 0 Å². The molecule has 1 heterocycles. The number of fused-ring (bicyclic) bond motifs is 1. The Balaban J connectivity index is 1.96. The Hall–Kier alpha value is -3.00. The van der Waals surface area contributed by atoms with Crippen LogP contribution in [0.4, 0.5) is 17.1 Å². The predicted molar refractivity (Wildman–Crippen MR) is 111 cm³/mol. The van der Waals surface area contributed by atoms with Crippen LogP contribution in [0.1, 0.15) is 19.4 Å². The monoisotopic (exact) mass is 386 g/mol. The Kier molecular flexibility index (Phi) is 4.84. The summed E-state index contributed by atoms with van der Waals surface area (Å²) >= 11 is 0. The summed E-state index contributed by atoms with van der Waals surface area (Å²) in [5, 5.41) is 11.0. The second-order valence-corrected chi connectivity index (χ2v) is 8.52. The molecule has 0 aliphatic carbocycles. The lowest BCUT2D eigenvalue weighted by molar-refractivity contribution is 0.457. The van der Waals surface area contributed by atoms with Crippen molar-refractivity contribution in [3.63, 3.8) is 0 Å². The minimum absolute atomic E-state index is 0.0299. The molecular weight excluding hydrogens is 364 g/mol. The van der Waals surface area contributed by atoms with Crippen molar-refractivity contribution in [3.8, 4) is 5.88 Å². The van der Waals surface area contributed by atoms with E-state index >= 15 is 0 Å². The quantitative estimate of drug-likeness (QED) is 0.461. The molecule has 0 saturated carbocycles. The highest BCUT2D eigenvalue weighted by atomic mass is 32.2. The smallest absolute Gasteiger partial charge is 0.234 e. The average Bonchev–Trinajstić information content (AvgIpc) is 2.96. The molecule has 0 saturated heterocycles. The number of nitrogens with zero attached hydrogens (tertiary/aromatic N) is 2. The van der Waals surface area contributed by atoms with Crippen molar-refractivity contribution >= 4 is 43.7 Å². The van der Waals surface area contributed by atoms with Gasteiger partial charge in [-0.2, -0.15) is 0 Å². The molecule has 8 heteroatoms. The van der Waals surface area contributed by atoms with Gasteiger partial charge in [0.15, 0.2) is 5.88 Å². The van der Waals surface area contributed by atoms with Crippen molar-refractivity contribution in [2.24, 2.45) is 4.99 Å². The van der Waals surface area contributed by atoms with Gasteiger partial charge in [0.1, 0.15) is 0 Å². The van der Waals surface area contributed by atoms with Crippen LogP contribution in [0.3, 0.4) is 0 Å². The molecule has 0 spiro atoms. The largest absolute Gasteiger partial charge is 0.494 e. The average molecular weight is 386 g/mol. The van der Waals surface area contributed by atoms with Crippen LogP contribution in [0.5, 0.6) is 5.88 Å². The number of aliphatic imine (C=N–C) groups is 1. The number of nitrogen functional groups attached to an aromatic ring is 1. The Labute approximate surface area is 158 Å². The zero-order valence-electron chi connectivity index (χ0n) is 15.4. The molecule has 0 fully saturated rings. The molecule has 1 aromatic heterocycles. The lowest BCUT2D eigenvalue weighted by atomic mass is 10.1. The summed E-state index contributed by atoms with van der Waals surface area (Å²) in [7, 11) is -1.78. The van der Waals surface area contributed by atoms with Gasteiger partial charge in [0.2, 0.25) is 10.0 Å². The number of sulfonamides is 1. The number of aromatic amines is 1. The Bertz CT molecular complexity index is 1120. The van der Waals surface area contributed by atoms with Crippen LogP contribution in [0.2, 0.25) is 0 Å². The van der Waals surface area contributed by atoms with E-state index < -0.39 is 10.0 Å². The third-order valence-electron chi connectivity index (χ3n) is 4.46. The predicted octanol–water partition coefficient (Wildman–Crippen LogP) is 3.38. The molecule has 7 nitrogen and oxygen atoms in total. The van der Waals surface area contributed by atoms with Crippen LogP contribution in [0, 0.1) is 0 Å². The summed E-state index contributed by atoms with van der Waals surface area (Å²) in [6.07, 6.45) is 0. The highest BCUT2D eigenvalue weighted by molar-refractivity contribution is 7.92. The lowest BCUT2D eigenvalue weighted by Crippen LogP contribution is -2.27. The topological polar surface area (TPSA) is 112 Å². The Morgan fingerprint density at radius 3 is 2.52 bits per heavy atom. The fourth-order valence-corrected chi connectivity index (χ4v) is 3.73. The normalized spacial score (nSPS) is 12.5. The maximum atomic E-state index is 12.0. The zero-order chi connectivity index (χ0) is 19.8. The first-order chi connectivity index (χ1) is 12.7. The van der Waals surface area contributed by atoms with Gasteiger partial charge in [0.05, 0.1) is 28.4 Å². The lowest BCUT2D eigenvalue weighted by Gasteiger charge is -2.18. The van der Waals surface area contributed by atoms with Crippen molar-refractivity contribution in [1.29, 1.82) is 0 Å². The first-order valence-electron chi connectivity index (χ1n) is 8.45. The molecule has 2 aromatic carbocycles. The maximum Gasteiger partial charge on any atom is 0.234 e. The van der Waals surface area contributed by atoms with E-state index in [4.69, 9.17) is 5.73 Å². The zero-order valence-corrected chi connectivity index (χ0v) is 16.2. The van der Waals surface area contributed by atoms with Gasteiger partial charge < -0.3 is 15.8 Å². The van der Waals surface area contributed by atoms with E-state index in [2.05, 4.69) is 9.98 Å². The van der Waals surface area contributed by atoms with Crippen LogP contribution in [0.15, 0.2) is 47.5 Å². The molecule has 0 unspecified atom stereocenters. The Morgan fingerprint density at radius 2 is 1.89 bits per heavy atom. The van der Waals surface area contributed by atoms with E-state index in [-0.39, 0.29) is 11.6 Å². The van der Waals surface area contributed by atoms with Crippen LogP contribution in [-0.4, -0.2) is 37.0 Å². The summed E-state index contributed by atoms with van der Waals surface area (Å²) in [5.41, 5.74) is 9.65. The van der Waals surface area contributed by atoms with Gasteiger partial charge in [-0.25, -0.2) is 8.42 Å². The van der Waals surface area contributed by atoms with Crippen LogP contribution in [0.25, 0.3) is 10.9 Å². The minimum atomic E-state index is -3.31. The number of anilines is 2. The number of nitrogens with one attached hydrogen (secondary N) is 1. The molecule has 3 aromatic rings. The van der Waals surface area contributed by atoms with Gasteiger partial charge in [0, 0.05) is 23.6 Å². The number of aromatic nitrogens is 1. The molecule has 0 atom stereocenters. The van der Waals surface area contributed by atoms with Crippen LogP contribution < -0.4 is 10.0 Å². The second kappa shape index (κ2) is 6.96. The van der Waals surface area contributed by atoms with E-state index in [1.54, 1.807) is 56.3 Å². The summed E-state index contributed by atoms with van der Waals surface area (Å²) in [6, 6.07) is 12.2. The number of hydrogen-bond acceptors (Lipinski definition) is 5. The summed E-state index contributed by atoms with van der Waals surface area (Å²) in [5.74, 6) is 0.0631. The van der Waals surface area contributed by atoms with E-state index in [1.807, 2.05) is 0 Å². The first kappa shape index (κ1) is 18.8. The van der Waals surface area contributed by atoms with Gasteiger partial charge in [0.25, 0.3) is 0 Å². The van der Waals surface area contributed by atoms with Crippen molar-refractivity contribution < 1.29 is 13.5 Å². The van der Waals surface area contributed by atoms with Gasteiger partial charge in [-0.15, -0.1) is 0 Å². The van der Waals surface area contributed by atoms with Crippen LogP contribution >= 0.6 is 0 Å². The third-order valence-corrected chi connectivity index (χ3v) is 6.23. The fraction of sp³-hybridized carbons (Fsp3) is 0.211. The molecule has 4 N–H and O–H groups in total. The fourth-order valence-electron chi connectivity index (χ4n) is 2.90. The molecule has 0 amide bonds. The first-order valence-corrected chi connectivity index (χ1v) is 10.1. The SMILES string of the molecule is CCS(=O)(=O)N(C)c1ccc(N=C(C)c2c(O)[nH]c3ccc(N)cc23)cc1. The Morgan fingerprint density at radius 1 is 1.22 bits per heavy atom. The standard InChI is InChI=1S/C19H22N4O3S/c1-4-27(25,26)23(3)15-8-6-14(7-9-15)21-12(2)18-16-11-13(20)5-10-17(16)22-19(18)24/h5-11,22,24H,4,20H2,1-3H3. The molecule has 0 aliphatic rings. The summed E-state index contributed by atoms with van der Waals surface area (Å²) < 4.78 is 25.2. The second-order valence-electron chi connectivity index (χ2n) is 6.24. The van der Waals surface area contributed by atoms with Crippen LogP contribution in [-0.2, 0) is 10.0 Å². The molecule has 3 rings (SSSR count). The van der Waals surface area contributed by atoms with Crippen molar-refractivity contribution in [1.82, 2.24) is 4.98 Å². The third kappa shape index (κ3) is 3.61. The minimum Gasteiger partial charge on any atom is -0.494 e. The van der Waals surface area contributed by atoms with E-state index in [9.17, 15) is 13.5 Å². The molecule has 0 radical (unpaired) electrons. The van der Waals surface area contributed by atoms with Gasteiger partial charge in [-0.05, 0) is 56.3 Å². The van der Waals surface area contributed by atoms with Crippen molar-refractivity contribution in [2.75, 3.05) is 22.8 Å². The number of H-pyrrole nitrogens is 1. The highest BCUT2D eigenvalue weighted by Gasteiger charge is 2.16. The van der Waals surface area contributed by atoms with E-state index in [0.717, 1.165) is 10.9 Å². The van der Waals surface area contributed by atoms with Crippen molar-refractivity contribution in [2.45, 2.75) is 13.8 Å². The molecule has 142 valence electrons. The number of nitrogens with two attached hydrogens (primary N) is 1. The summed E-state index contributed by atoms with van der Waals surface area (Å²) in [4.78, 5) is 7.47. The molecular formula is C19H22N4O3S.